The minimum atomic E-state index is -0.659. The van der Waals surface area contributed by atoms with E-state index in [-0.39, 0.29) is 17.9 Å². The molecule has 0 fully saturated rings. The van der Waals surface area contributed by atoms with Crippen LogP contribution in [0.5, 0.6) is 0 Å². The first-order valence-electron chi connectivity index (χ1n) is 6.71. The van der Waals surface area contributed by atoms with Crippen LogP contribution in [0, 0.1) is 24.4 Å². The van der Waals surface area contributed by atoms with Gasteiger partial charge in [-0.2, -0.15) is 0 Å². The molecule has 112 valence electrons. The van der Waals surface area contributed by atoms with Crippen LogP contribution in [0.25, 0.3) is 0 Å². The lowest BCUT2D eigenvalue weighted by molar-refractivity contribution is 0.579. The smallest absolute Gasteiger partial charge is 0.186 e. The molecule has 0 radical (unpaired) electrons. The summed E-state index contributed by atoms with van der Waals surface area (Å²) in [5.74, 6) is -1.38. The number of anilines is 1. The van der Waals surface area contributed by atoms with Gasteiger partial charge in [-0.1, -0.05) is 6.92 Å². The van der Waals surface area contributed by atoms with Gasteiger partial charge in [-0.15, -0.1) is 0 Å². The third-order valence-corrected chi connectivity index (χ3v) is 2.89. The van der Waals surface area contributed by atoms with Gasteiger partial charge in [0.2, 0.25) is 0 Å². The number of rotatable bonds is 5. The zero-order chi connectivity index (χ0) is 15.4. The Kier molecular flexibility index (Phi) is 4.77. The number of benzene rings is 1. The standard InChI is InChI=1S/C15H16F3N3/c1-3-4-19-15-14(18)9(2)20-13(21-15)7-10-5-11(16)8-12(17)6-10/h5-6,8H,3-4,7H2,1-2H3,(H,19,20,21). The van der Waals surface area contributed by atoms with Gasteiger partial charge in [0.25, 0.3) is 0 Å². The summed E-state index contributed by atoms with van der Waals surface area (Å²) in [5, 5.41) is 2.88. The number of aromatic nitrogens is 2. The minimum absolute atomic E-state index is 0.122. The molecule has 0 bridgehead atoms. The molecule has 1 aromatic carbocycles. The molecule has 0 aliphatic rings. The summed E-state index contributed by atoms with van der Waals surface area (Å²) >= 11 is 0. The van der Waals surface area contributed by atoms with Crippen molar-refractivity contribution in [1.29, 1.82) is 0 Å². The van der Waals surface area contributed by atoms with Crippen molar-refractivity contribution in [3.05, 3.63) is 52.7 Å². The third kappa shape index (κ3) is 3.93. The van der Waals surface area contributed by atoms with E-state index in [2.05, 4.69) is 15.3 Å². The van der Waals surface area contributed by atoms with Crippen molar-refractivity contribution in [1.82, 2.24) is 9.97 Å². The van der Waals surface area contributed by atoms with E-state index in [1.807, 2.05) is 6.92 Å². The number of nitrogens with zero attached hydrogens (tertiary/aromatic N) is 2. The molecule has 0 spiro atoms. The molecule has 1 heterocycles. The number of hydrogen-bond donors (Lipinski definition) is 1. The van der Waals surface area contributed by atoms with Crippen LogP contribution >= 0.6 is 0 Å². The van der Waals surface area contributed by atoms with Crippen molar-refractivity contribution >= 4 is 5.82 Å². The molecule has 0 saturated heterocycles. The SMILES string of the molecule is CCCNc1nc(Cc2cc(F)cc(F)c2)nc(C)c1F. The van der Waals surface area contributed by atoms with Crippen LogP contribution in [0.1, 0.15) is 30.4 Å². The normalized spacial score (nSPS) is 10.7. The van der Waals surface area contributed by atoms with Crippen LogP contribution in [0.4, 0.5) is 19.0 Å². The van der Waals surface area contributed by atoms with E-state index in [1.54, 1.807) is 0 Å². The Balaban J connectivity index is 2.29. The third-order valence-electron chi connectivity index (χ3n) is 2.89. The van der Waals surface area contributed by atoms with Crippen molar-refractivity contribution in [2.24, 2.45) is 0 Å². The topological polar surface area (TPSA) is 37.8 Å². The van der Waals surface area contributed by atoms with Gasteiger partial charge in [0, 0.05) is 19.0 Å². The first kappa shape index (κ1) is 15.3. The Hall–Kier alpha value is -2.11. The monoisotopic (exact) mass is 295 g/mol. The summed E-state index contributed by atoms with van der Waals surface area (Å²) in [5.41, 5.74) is 0.607. The molecule has 0 aliphatic heterocycles. The molecule has 6 heteroatoms. The molecule has 2 aromatic rings. The molecular formula is C15H16F3N3. The lowest BCUT2D eigenvalue weighted by Crippen LogP contribution is -2.10. The van der Waals surface area contributed by atoms with E-state index in [0.717, 1.165) is 12.5 Å². The second-order valence-electron chi connectivity index (χ2n) is 4.77. The van der Waals surface area contributed by atoms with Gasteiger partial charge in [-0.25, -0.2) is 23.1 Å². The maximum atomic E-state index is 13.9. The van der Waals surface area contributed by atoms with Crippen molar-refractivity contribution in [2.45, 2.75) is 26.7 Å². The summed E-state index contributed by atoms with van der Waals surface area (Å²) in [6.07, 6.45) is 0.962. The van der Waals surface area contributed by atoms with Crippen molar-refractivity contribution in [3.8, 4) is 0 Å². The molecule has 0 unspecified atom stereocenters. The Morgan fingerprint density at radius 1 is 1.05 bits per heavy atom. The fourth-order valence-electron chi connectivity index (χ4n) is 1.95. The molecule has 0 saturated carbocycles. The van der Waals surface area contributed by atoms with Gasteiger partial charge in [0.1, 0.15) is 17.5 Å². The maximum absolute atomic E-state index is 13.9. The molecule has 1 aromatic heterocycles. The lowest BCUT2D eigenvalue weighted by Gasteiger charge is -2.09. The van der Waals surface area contributed by atoms with Crippen molar-refractivity contribution < 1.29 is 13.2 Å². The van der Waals surface area contributed by atoms with Crippen molar-refractivity contribution in [3.63, 3.8) is 0 Å². The largest absolute Gasteiger partial charge is 0.368 e. The predicted molar refractivity (Wildman–Crippen MR) is 74.7 cm³/mol. The Morgan fingerprint density at radius 2 is 1.71 bits per heavy atom. The highest BCUT2D eigenvalue weighted by molar-refractivity contribution is 5.38. The Bertz CT molecular complexity index is 624. The first-order chi connectivity index (χ1) is 9.99. The van der Waals surface area contributed by atoms with Crippen LogP contribution in [0.2, 0.25) is 0 Å². The van der Waals surface area contributed by atoms with E-state index >= 15 is 0 Å². The fourth-order valence-corrected chi connectivity index (χ4v) is 1.95. The average molecular weight is 295 g/mol. The van der Waals surface area contributed by atoms with Crippen LogP contribution in [-0.2, 0) is 6.42 Å². The molecular weight excluding hydrogens is 279 g/mol. The van der Waals surface area contributed by atoms with E-state index in [9.17, 15) is 13.2 Å². The molecule has 0 atom stereocenters. The van der Waals surface area contributed by atoms with Gasteiger partial charge >= 0.3 is 0 Å². The summed E-state index contributed by atoms with van der Waals surface area (Å²) in [7, 11) is 0. The number of halogens is 3. The first-order valence-corrected chi connectivity index (χ1v) is 6.71. The van der Waals surface area contributed by atoms with Gasteiger partial charge in [-0.05, 0) is 31.0 Å². The van der Waals surface area contributed by atoms with Gasteiger partial charge in [0.05, 0.1) is 5.69 Å². The zero-order valence-corrected chi connectivity index (χ0v) is 11.9. The second-order valence-corrected chi connectivity index (χ2v) is 4.77. The van der Waals surface area contributed by atoms with E-state index < -0.39 is 17.5 Å². The lowest BCUT2D eigenvalue weighted by atomic mass is 10.1. The zero-order valence-electron chi connectivity index (χ0n) is 11.9. The average Bonchev–Trinajstić information content (AvgIpc) is 2.40. The molecule has 21 heavy (non-hydrogen) atoms. The summed E-state index contributed by atoms with van der Waals surface area (Å²) in [4.78, 5) is 8.11. The number of hydrogen-bond acceptors (Lipinski definition) is 3. The summed E-state index contributed by atoms with van der Waals surface area (Å²) < 4.78 is 40.2. The molecule has 0 amide bonds. The maximum Gasteiger partial charge on any atom is 0.186 e. The fraction of sp³-hybridized carbons (Fsp3) is 0.333. The number of aryl methyl sites for hydroxylation is 1. The van der Waals surface area contributed by atoms with E-state index in [0.29, 0.717) is 17.9 Å². The quantitative estimate of drug-likeness (QED) is 0.915. The molecule has 3 nitrogen and oxygen atoms in total. The molecule has 2 rings (SSSR count). The highest BCUT2D eigenvalue weighted by Crippen LogP contribution is 2.17. The molecule has 1 N–H and O–H groups in total. The van der Waals surface area contributed by atoms with Crippen LogP contribution in [-0.4, -0.2) is 16.5 Å². The predicted octanol–water partition coefficient (Wildman–Crippen LogP) is 3.62. The van der Waals surface area contributed by atoms with E-state index in [4.69, 9.17) is 0 Å². The highest BCUT2D eigenvalue weighted by atomic mass is 19.1. The molecule has 0 aliphatic carbocycles. The van der Waals surface area contributed by atoms with Gasteiger partial charge in [-0.3, -0.25) is 0 Å². The van der Waals surface area contributed by atoms with Gasteiger partial charge in [0.15, 0.2) is 11.6 Å². The summed E-state index contributed by atoms with van der Waals surface area (Å²) in [6.45, 7) is 4.07. The van der Waals surface area contributed by atoms with E-state index in [1.165, 1.54) is 19.1 Å². The second kappa shape index (κ2) is 6.56. The van der Waals surface area contributed by atoms with Crippen molar-refractivity contribution in [2.75, 3.05) is 11.9 Å². The Morgan fingerprint density at radius 3 is 2.33 bits per heavy atom. The summed E-state index contributed by atoms with van der Waals surface area (Å²) in [6, 6.07) is 3.23. The van der Waals surface area contributed by atoms with Crippen LogP contribution in [0.3, 0.4) is 0 Å². The number of nitrogens with one attached hydrogen (secondary N) is 1. The van der Waals surface area contributed by atoms with Crippen LogP contribution in [0.15, 0.2) is 18.2 Å². The minimum Gasteiger partial charge on any atom is -0.368 e. The van der Waals surface area contributed by atoms with Gasteiger partial charge < -0.3 is 5.32 Å². The Labute approximate surface area is 121 Å². The highest BCUT2D eigenvalue weighted by Gasteiger charge is 2.12. The van der Waals surface area contributed by atoms with Crippen LogP contribution < -0.4 is 5.32 Å².